The van der Waals surface area contributed by atoms with Crippen LogP contribution in [0.15, 0.2) is 35.5 Å². The Bertz CT molecular complexity index is 850. The molecular formula is C20H21ClN2O2. The van der Waals surface area contributed by atoms with Crippen LogP contribution in [0.5, 0.6) is 5.75 Å². The molecule has 25 heavy (non-hydrogen) atoms. The Hall–Kier alpha value is -2.04. The third-order valence-electron chi connectivity index (χ3n) is 5.70. The summed E-state index contributed by atoms with van der Waals surface area (Å²) in [6.45, 7) is 0.975. The maximum atomic E-state index is 10.2. The molecule has 2 aromatic carbocycles. The number of hydrogen-bond acceptors (Lipinski definition) is 4. The summed E-state index contributed by atoms with van der Waals surface area (Å²) < 4.78 is 0. The van der Waals surface area contributed by atoms with Crippen LogP contribution in [0.3, 0.4) is 0 Å². The number of benzene rings is 2. The highest BCUT2D eigenvalue weighted by atomic mass is 35.5. The lowest BCUT2D eigenvalue weighted by Crippen LogP contribution is -2.39. The number of halogens is 1. The zero-order valence-electron chi connectivity index (χ0n) is 14.1. The number of phenolic OH excluding ortho intramolecular Hbond substituents is 1. The van der Waals surface area contributed by atoms with E-state index in [-0.39, 0.29) is 11.7 Å². The number of nitrogens with zero attached hydrogens (tertiary/aromatic N) is 2. The van der Waals surface area contributed by atoms with E-state index in [1.807, 2.05) is 24.3 Å². The molecule has 5 heteroatoms. The van der Waals surface area contributed by atoms with Crippen molar-refractivity contribution in [3.63, 3.8) is 0 Å². The molecule has 0 saturated heterocycles. The molecule has 2 atom stereocenters. The number of aromatic hydroxyl groups is 1. The maximum Gasteiger partial charge on any atom is 0.134 e. The molecule has 2 aliphatic rings. The van der Waals surface area contributed by atoms with Crippen molar-refractivity contribution < 1.29 is 10.3 Å². The van der Waals surface area contributed by atoms with Crippen LogP contribution in [0.2, 0.25) is 5.02 Å². The van der Waals surface area contributed by atoms with Gasteiger partial charge in [-0.3, -0.25) is 0 Å². The van der Waals surface area contributed by atoms with Crippen LogP contribution in [0.4, 0.5) is 0 Å². The molecule has 0 radical (unpaired) electrons. The van der Waals surface area contributed by atoms with Gasteiger partial charge in [0.15, 0.2) is 0 Å². The van der Waals surface area contributed by atoms with Crippen molar-refractivity contribution in [1.82, 2.24) is 4.90 Å². The van der Waals surface area contributed by atoms with Crippen molar-refractivity contribution in [2.45, 2.75) is 31.2 Å². The van der Waals surface area contributed by atoms with E-state index in [9.17, 15) is 5.11 Å². The van der Waals surface area contributed by atoms with E-state index in [0.29, 0.717) is 11.1 Å². The highest BCUT2D eigenvalue weighted by Crippen LogP contribution is 2.44. The average Bonchev–Trinajstić information content (AvgIpc) is 2.74. The van der Waals surface area contributed by atoms with Crippen LogP contribution < -0.4 is 0 Å². The van der Waals surface area contributed by atoms with Gasteiger partial charge in [-0.2, -0.15) is 0 Å². The highest BCUT2D eigenvalue weighted by molar-refractivity contribution is 6.32. The summed E-state index contributed by atoms with van der Waals surface area (Å²) in [5, 5.41) is 22.8. The predicted molar refractivity (Wildman–Crippen MR) is 99.2 cm³/mol. The van der Waals surface area contributed by atoms with E-state index in [2.05, 4.69) is 23.2 Å². The Balaban J connectivity index is 1.94. The first-order valence-electron chi connectivity index (χ1n) is 8.61. The predicted octanol–water partition coefficient (Wildman–Crippen LogP) is 3.79. The van der Waals surface area contributed by atoms with Crippen LogP contribution in [-0.4, -0.2) is 41.1 Å². The monoisotopic (exact) mass is 356 g/mol. The number of fused-ring (bicyclic) bond motifs is 5. The number of phenols is 1. The van der Waals surface area contributed by atoms with Gasteiger partial charge in [0, 0.05) is 18.5 Å². The Morgan fingerprint density at radius 1 is 1.24 bits per heavy atom. The Morgan fingerprint density at radius 3 is 2.88 bits per heavy atom. The first-order chi connectivity index (χ1) is 12.1. The molecule has 1 heterocycles. The van der Waals surface area contributed by atoms with Crippen molar-refractivity contribution in [3.8, 4) is 5.75 Å². The van der Waals surface area contributed by atoms with Gasteiger partial charge in [-0.05, 0) is 66.3 Å². The summed E-state index contributed by atoms with van der Waals surface area (Å²) >= 11 is 6.17. The van der Waals surface area contributed by atoms with Gasteiger partial charge in [-0.25, -0.2) is 0 Å². The summed E-state index contributed by atoms with van der Waals surface area (Å²) in [6.07, 6.45) is 4.43. The van der Waals surface area contributed by atoms with Gasteiger partial charge in [-0.15, -0.1) is 0 Å². The lowest BCUT2D eigenvalue weighted by atomic mass is 9.73. The molecule has 0 amide bonds. The molecule has 1 aliphatic carbocycles. The smallest absolute Gasteiger partial charge is 0.134 e. The fourth-order valence-electron chi connectivity index (χ4n) is 4.49. The molecule has 130 valence electrons. The highest BCUT2D eigenvalue weighted by Gasteiger charge is 2.37. The van der Waals surface area contributed by atoms with Crippen molar-refractivity contribution in [2.24, 2.45) is 5.16 Å². The fraction of sp³-hybridized carbons (Fsp3) is 0.350. The average molecular weight is 357 g/mol. The van der Waals surface area contributed by atoms with E-state index >= 15 is 0 Å². The summed E-state index contributed by atoms with van der Waals surface area (Å²) in [7, 11) is 2.18. The van der Waals surface area contributed by atoms with Crippen molar-refractivity contribution >= 4 is 17.8 Å². The van der Waals surface area contributed by atoms with Gasteiger partial charge in [0.05, 0.1) is 11.2 Å². The molecule has 1 aliphatic heterocycles. The van der Waals surface area contributed by atoms with Gasteiger partial charge in [0.25, 0.3) is 0 Å². The molecule has 0 bridgehead atoms. The minimum Gasteiger partial charge on any atom is -0.506 e. The van der Waals surface area contributed by atoms with Crippen molar-refractivity contribution in [3.05, 3.63) is 63.2 Å². The zero-order chi connectivity index (χ0) is 17.6. The summed E-state index contributed by atoms with van der Waals surface area (Å²) in [5.41, 5.74) is 5.82. The van der Waals surface area contributed by atoms with Crippen LogP contribution >= 0.6 is 11.6 Å². The standard InChI is InChI=1S/C20H21ClN2O2/c1-23-8-7-12-9-17(21)19(24)10-16(12)20-15-4-2-3-13(11-22-25)14(15)5-6-18(20)23/h2-4,9-11,18,20,24-25H,5-8H2,1H3/b22-11+/t18-,20+/m0/s1. The summed E-state index contributed by atoms with van der Waals surface area (Å²) in [5.74, 6) is 0.324. The molecule has 0 unspecified atom stereocenters. The normalized spacial score (nSPS) is 23.0. The van der Waals surface area contributed by atoms with Gasteiger partial charge >= 0.3 is 0 Å². The summed E-state index contributed by atoms with van der Waals surface area (Å²) in [6, 6.07) is 10.3. The van der Waals surface area contributed by atoms with Gasteiger partial charge < -0.3 is 15.2 Å². The molecule has 0 fully saturated rings. The molecule has 4 nitrogen and oxygen atoms in total. The molecule has 2 aromatic rings. The minimum atomic E-state index is 0.143. The Kier molecular flexibility index (Phi) is 4.18. The van der Waals surface area contributed by atoms with Crippen LogP contribution in [-0.2, 0) is 12.8 Å². The minimum absolute atomic E-state index is 0.143. The fourth-order valence-corrected chi connectivity index (χ4v) is 4.68. The van der Waals surface area contributed by atoms with E-state index in [1.54, 1.807) is 0 Å². The lowest BCUT2D eigenvalue weighted by Gasteiger charge is -2.38. The second-order valence-corrected chi connectivity index (χ2v) is 7.38. The SMILES string of the molecule is CN1CCc2cc(Cl)c(O)cc2[C@H]2c3cccc(/C=N/O)c3CC[C@@H]21. The van der Waals surface area contributed by atoms with Crippen LogP contribution in [0.1, 0.15) is 40.2 Å². The number of hydrogen-bond donors (Lipinski definition) is 2. The molecule has 2 N–H and O–H groups in total. The number of rotatable bonds is 1. The summed E-state index contributed by atoms with van der Waals surface area (Å²) in [4.78, 5) is 2.42. The third kappa shape index (κ3) is 2.70. The van der Waals surface area contributed by atoms with E-state index in [1.165, 1.54) is 22.9 Å². The Morgan fingerprint density at radius 2 is 2.08 bits per heavy atom. The molecule has 4 rings (SSSR count). The van der Waals surface area contributed by atoms with E-state index < -0.39 is 0 Å². The van der Waals surface area contributed by atoms with Gasteiger partial charge in [0.1, 0.15) is 5.75 Å². The first kappa shape index (κ1) is 16.4. The van der Waals surface area contributed by atoms with E-state index in [4.69, 9.17) is 16.8 Å². The first-order valence-corrected chi connectivity index (χ1v) is 8.98. The van der Waals surface area contributed by atoms with Gasteiger partial charge in [-0.1, -0.05) is 35.0 Å². The largest absolute Gasteiger partial charge is 0.506 e. The van der Waals surface area contributed by atoms with Crippen molar-refractivity contribution in [1.29, 1.82) is 0 Å². The Labute approximate surface area is 152 Å². The third-order valence-corrected chi connectivity index (χ3v) is 6.00. The second kappa shape index (κ2) is 6.36. The molecule has 0 saturated carbocycles. The molecule has 0 aromatic heterocycles. The van der Waals surface area contributed by atoms with Crippen LogP contribution in [0, 0.1) is 0 Å². The number of likely N-dealkylation sites (N-methyl/N-ethyl adjacent to an activating group) is 1. The molecule has 0 spiro atoms. The van der Waals surface area contributed by atoms with Crippen LogP contribution in [0.25, 0.3) is 0 Å². The van der Waals surface area contributed by atoms with Gasteiger partial charge in [0.2, 0.25) is 0 Å². The number of oxime groups is 1. The van der Waals surface area contributed by atoms with Crippen molar-refractivity contribution in [2.75, 3.05) is 13.6 Å². The molecular weight excluding hydrogens is 336 g/mol. The topological polar surface area (TPSA) is 56.1 Å². The lowest BCUT2D eigenvalue weighted by molar-refractivity contribution is 0.214. The maximum absolute atomic E-state index is 10.2. The zero-order valence-corrected chi connectivity index (χ0v) is 14.9. The second-order valence-electron chi connectivity index (χ2n) is 6.98. The quantitative estimate of drug-likeness (QED) is 0.464. The van der Waals surface area contributed by atoms with E-state index in [0.717, 1.165) is 36.9 Å².